The van der Waals surface area contributed by atoms with Gasteiger partial charge in [0.1, 0.15) is 0 Å². The molecule has 0 aliphatic carbocycles. The van der Waals surface area contributed by atoms with Crippen molar-refractivity contribution in [2.45, 2.75) is 11.3 Å². The fourth-order valence-corrected chi connectivity index (χ4v) is 3.24. The minimum atomic E-state index is 0.0849. The summed E-state index contributed by atoms with van der Waals surface area (Å²) in [5.74, 6) is 0.475. The molecule has 0 unspecified atom stereocenters. The number of carbonyl (C=O) groups excluding carboxylic acids is 1. The van der Waals surface area contributed by atoms with Crippen molar-refractivity contribution in [3.05, 3.63) is 12.3 Å². The predicted molar refractivity (Wildman–Crippen MR) is 81.3 cm³/mol. The summed E-state index contributed by atoms with van der Waals surface area (Å²) in [6, 6.07) is 0. The van der Waals surface area contributed by atoms with Crippen LogP contribution in [0.4, 0.5) is 5.13 Å². The lowest BCUT2D eigenvalue weighted by molar-refractivity contribution is -0.112. The van der Waals surface area contributed by atoms with Crippen LogP contribution in [0.25, 0.3) is 0 Å². The zero-order chi connectivity index (χ0) is 14.2. The molecular weight excluding hydrogens is 296 g/mol. The van der Waals surface area contributed by atoms with Crippen molar-refractivity contribution in [1.29, 1.82) is 0 Å². The summed E-state index contributed by atoms with van der Waals surface area (Å²) in [6.07, 6.45) is 3.49. The highest BCUT2D eigenvalue weighted by molar-refractivity contribution is 8.01. The van der Waals surface area contributed by atoms with Crippen LogP contribution in [0.3, 0.4) is 0 Å². The SMILES string of the molecule is CCNc1nnc(SCC(=O)C=CN2CCOCC2)s1. The Bertz CT molecular complexity index is 458. The summed E-state index contributed by atoms with van der Waals surface area (Å²) in [5.41, 5.74) is 0. The van der Waals surface area contributed by atoms with Crippen LogP contribution < -0.4 is 5.32 Å². The van der Waals surface area contributed by atoms with Crippen LogP contribution in [-0.4, -0.2) is 59.5 Å². The summed E-state index contributed by atoms with van der Waals surface area (Å²) < 4.78 is 6.06. The zero-order valence-electron chi connectivity index (χ0n) is 11.4. The van der Waals surface area contributed by atoms with Gasteiger partial charge >= 0.3 is 0 Å². The first-order chi connectivity index (χ1) is 9.78. The number of anilines is 1. The second-order valence-electron chi connectivity index (χ2n) is 4.12. The van der Waals surface area contributed by atoms with Crippen molar-refractivity contribution in [1.82, 2.24) is 15.1 Å². The van der Waals surface area contributed by atoms with Crippen molar-refractivity contribution in [3.8, 4) is 0 Å². The molecule has 0 amide bonds. The molecule has 1 aliphatic heterocycles. The zero-order valence-corrected chi connectivity index (χ0v) is 13.0. The van der Waals surface area contributed by atoms with Crippen molar-refractivity contribution in [2.75, 3.05) is 43.9 Å². The van der Waals surface area contributed by atoms with E-state index in [1.807, 2.05) is 13.1 Å². The van der Waals surface area contributed by atoms with Gasteiger partial charge in [-0.25, -0.2) is 0 Å². The molecular formula is C12H18N4O2S2. The van der Waals surface area contributed by atoms with Gasteiger partial charge in [0.25, 0.3) is 0 Å². The number of ether oxygens (including phenoxy) is 1. The highest BCUT2D eigenvalue weighted by atomic mass is 32.2. The van der Waals surface area contributed by atoms with Crippen LogP contribution in [0.2, 0.25) is 0 Å². The Kier molecular flexibility index (Phi) is 6.28. The number of hydrogen-bond acceptors (Lipinski definition) is 8. The highest BCUT2D eigenvalue weighted by Gasteiger charge is 2.08. The molecule has 0 aromatic carbocycles. The van der Waals surface area contributed by atoms with E-state index < -0.39 is 0 Å². The molecule has 0 saturated carbocycles. The number of carbonyl (C=O) groups is 1. The number of morpholine rings is 1. The van der Waals surface area contributed by atoms with Gasteiger partial charge in [-0.05, 0) is 13.0 Å². The molecule has 1 aromatic rings. The minimum Gasteiger partial charge on any atom is -0.378 e. The third-order valence-corrected chi connectivity index (χ3v) is 4.63. The lowest BCUT2D eigenvalue weighted by Crippen LogP contribution is -2.32. The second-order valence-corrected chi connectivity index (χ2v) is 6.32. The van der Waals surface area contributed by atoms with E-state index in [1.54, 1.807) is 6.08 Å². The summed E-state index contributed by atoms with van der Waals surface area (Å²) in [5, 5.41) is 11.9. The minimum absolute atomic E-state index is 0.0849. The standard InChI is InChI=1S/C12H18N4O2S2/c1-2-13-11-14-15-12(20-11)19-9-10(17)3-4-16-5-7-18-8-6-16/h3-4H,2,5-9H2,1H3,(H,13,14). The predicted octanol–water partition coefficient (Wildman–Crippen LogP) is 1.48. The molecule has 1 saturated heterocycles. The Morgan fingerprint density at radius 3 is 3.05 bits per heavy atom. The van der Waals surface area contributed by atoms with Crippen molar-refractivity contribution in [3.63, 3.8) is 0 Å². The van der Waals surface area contributed by atoms with Gasteiger partial charge in [-0.3, -0.25) is 4.79 Å². The van der Waals surface area contributed by atoms with E-state index in [0.29, 0.717) is 5.75 Å². The highest BCUT2D eigenvalue weighted by Crippen LogP contribution is 2.25. The number of nitrogens with one attached hydrogen (secondary N) is 1. The molecule has 2 heterocycles. The van der Waals surface area contributed by atoms with Crippen LogP contribution in [0, 0.1) is 0 Å². The fraction of sp³-hybridized carbons (Fsp3) is 0.583. The first-order valence-electron chi connectivity index (χ1n) is 6.51. The van der Waals surface area contributed by atoms with Gasteiger partial charge in [-0.15, -0.1) is 10.2 Å². The maximum Gasteiger partial charge on any atom is 0.206 e. The lowest BCUT2D eigenvalue weighted by atomic mass is 10.4. The van der Waals surface area contributed by atoms with Gasteiger partial charge in [-0.2, -0.15) is 0 Å². The van der Waals surface area contributed by atoms with E-state index in [1.165, 1.54) is 23.1 Å². The molecule has 6 nitrogen and oxygen atoms in total. The van der Waals surface area contributed by atoms with E-state index in [-0.39, 0.29) is 5.78 Å². The van der Waals surface area contributed by atoms with E-state index in [4.69, 9.17) is 4.74 Å². The summed E-state index contributed by atoms with van der Waals surface area (Å²) in [7, 11) is 0. The van der Waals surface area contributed by atoms with Gasteiger partial charge in [0.05, 0.1) is 19.0 Å². The number of ketones is 1. The molecule has 20 heavy (non-hydrogen) atoms. The van der Waals surface area contributed by atoms with E-state index in [0.717, 1.165) is 42.3 Å². The van der Waals surface area contributed by atoms with Crippen LogP contribution in [0.5, 0.6) is 0 Å². The van der Waals surface area contributed by atoms with E-state index >= 15 is 0 Å². The average Bonchev–Trinajstić information content (AvgIpc) is 2.92. The number of hydrogen-bond donors (Lipinski definition) is 1. The van der Waals surface area contributed by atoms with Gasteiger partial charge in [0, 0.05) is 25.8 Å². The van der Waals surface area contributed by atoms with Gasteiger partial charge < -0.3 is 15.0 Å². The summed E-state index contributed by atoms with van der Waals surface area (Å²) >= 11 is 2.89. The number of aromatic nitrogens is 2. The number of thioether (sulfide) groups is 1. The molecule has 1 aromatic heterocycles. The van der Waals surface area contributed by atoms with Gasteiger partial charge in [-0.1, -0.05) is 23.1 Å². The molecule has 0 radical (unpaired) electrons. The van der Waals surface area contributed by atoms with Crippen molar-refractivity contribution < 1.29 is 9.53 Å². The third kappa shape index (κ3) is 5.10. The normalized spacial score (nSPS) is 15.8. The Balaban J connectivity index is 1.72. The van der Waals surface area contributed by atoms with Crippen molar-refractivity contribution >= 4 is 34.0 Å². The van der Waals surface area contributed by atoms with E-state index in [2.05, 4.69) is 20.4 Å². The molecule has 1 aliphatic rings. The maximum absolute atomic E-state index is 11.8. The Morgan fingerprint density at radius 2 is 2.30 bits per heavy atom. The first kappa shape index (κ1) is 15.3. The molecule has 0 atom stereocenters. The molecule has 0 bridgehead atoms. The number of allylic oxidation sites excluding steroid dienone is 1. The van der Waals surface area contributed by atoms with Crippen LogP contribution in [0.1, 0.15) is 6.92 Å². The van der Waals surface area contributed by atoms with Gasteiger partial charge in [0.2, 0.25) is 5.13 Å². The topological polar surface area (TPSA) is 67.4 Å². The lowest BCUT2D eigenvalue weighted by Gasteiger charge is -2.24. The van der Waals surface area contributed by atoms with Crippen LogP contribution in [-0.2, 0) is 9.53 Å². The van der Waals surface area contributed by atoms with Crippen LogP contribution >= 0.6 is 23.1 Å². The smallest absolute Gasteiger partial charge is 0.206 e. The second kappa shape index (κ2) is 8.23. The van der Waals surface area contributed by atoms with Crippen molar-refractivity contribution in [2.24, 2.45) is 0 Å². The summed E-state index contributed by atoms with van der Waals surface area (Å²) in [6.45, 7) is 5.98. The molecule has 0 spiro atoms. The maximum atomic E-state index is 11.8. The average molecular weight is 314 g/mol. The Hall–Kier alpha value is -1.12. The molecule has 110 valence electrons. The van der Waals surface area contributed by atoms with Crippen LogP contribution in [0.15, 0.2) is 16.6 Å². The van der Waals surface area contributed by atoms with Gasteiger partial charge in [0.15, 0.2) is 10.1 Å². The fourth-order valence-electron chi connectivity index (χ4n) is 1.59. The summed E-state index contributed by atoms with van der Waals surface area (Å²) in [4.78, 5) is 13.9. The number of nitrogens with zero attached hydrogens (tertiary/aromatic N) is 3. The Labute approximate surface area is 126 Å². The largest absolute Gasteiger partial charge is 0.378 e. The monoisotopic (exact) mass is 314 g/mol. The number of rotatable bonds is 7. The molecule has 8 heteroatoms. The third-order valence-electron chi connectivity index (χ3n) is 2.59. The molecule has 1 fully saturated rings. The van der Waals surface area contributed by atoms with E-state index in [9.17, 15) is 4.79 Å². The molecule has 1 N–H and O–H groups in total. The molecule has 2 rings (SSSR count). The Morgan fingerprint density at radius 1 is 1.50 bits per heavy atom. The quantitative estimate of drug-likeness (QED) is 0.604. The first-order valence-corrected chi connectivity index (χ1v) is 8.31.